The maximum atomic E-state index is 6.73. The van der Waals surface area contributed by atoms with E-state index < -0.39 is 0 Å². The molecule has 0 atom stereocenters. The minimum Gasteiger partial charge on any atom is -0.308 e. The first-order chi connectivity index (χ1) is 31.9. The summed E-state index contributed by atoms with van der Waals surface area (Å²) in [5, 5.41) is 1.94. The average molecular weight is 819 g/mol. The molecule has 0 aliphatic heterocycles. The van der Waals surface area contributed by atoms with Gasteiger partial charge in [0.15, 0.2) is 17.5 Å². The van der Waals surface area contributed by atoms with E-state index in [2.05, 4.69) is 77.4 Å². The van der Waals surface area contributed by atoms with E-state index in [-0.39, 0.29) is 0 Å². The minimum absolute atomic E-state index is 0.366. The summed E-state index contributed by atoms with van der Waals surface area (Å²) in [6.45, 7) is 0. The predicted molar refractivity (Wildman–Crippen MR) is 272 cm³/mol. The van der Waals surface area contributed by atoms with Crippen LogP contribution in [0, 0.1) is 0 Å². The molecule has 0 spiro atoms. The zero-order valence-electron chi connectivity index (χ0n) is 35.1. The van der Waals surface area contributed by atoms with Gasteiger partial charge in [-0.25, -0.2) is 19.9 Å². The van der Waals surface area contributed by atoms with Crippen molar-refractivity contribution in [3.8, 4) is 84.6 Å². The molecule has 9 heteroatoms. The molecule has 0 saturated heterocycles. The largest absolute Gasteiger partial charge is 0.308 e. The first kappa shape index (κ1) is 39.8. The van der Waals surface area contributed by atoms with Gasteiger partial charge in [-0.1, -0.05) is 175 Å². The van der Waals surface area contributed by atoms with Gasteiger partial charge in [-0.15, -0.1) is 10.9 Å². The van der Waals surface area contributed by atoms with Crippen molar-refractivity contribution in [3.05, 3.63) is 200 Å². The maximum absolute atomic E-state index is 6.73. The van der Waals surface area contributed by atoms with Crippen LogP contribution in [0.15, 0.2) is 200 Å². The number of aromatic nitrogens is 5. The number of nitrogens with zero attached hydrogens (tertiary/aromatic N) is 5. The molecule has 5 nitrogen and oxygen atoms in total. The van der Waals surface area contributed by atoms with E-state index in [9.17, 15) is 0 Å². The number of pyridine rings is 1. The van der Waals surface area contributed by atoms with Crippen LogP contribution < -0.4 is 21.9 Å². The Labute approximate surface area is 382 Å². The number of para-hydroxylation sites is 1. The van der Waals surface area contributed by atoms with Crippen molar-refractivity contribution in [2.75, 3.05) is 0 Å². The Kier molecular flexibility index (Phi) is 10.2. The highest BCUT2D eigenvalue weighted by Crippen LogP contribution is 2.41. The van der Waals surface area contributed by atoms with Crippen LogP contribution in [0.25, 0.3) is 106 Å². The fraction of sp³-hybridized carbons (Fsp3) is 0. The molecule has 11 rings (SSSR count). The zero-order chi connectivity index (χ0) is 44.0. The molecule has 294 valence electrons. The normalized spacial score (nSPS) is 11.3. The summed E-state index contributed by atoms with van der Waals surface area (Å²) in [4.78, 5) is 20.8. The van der Waals surface area contributed by atoms with Crippen molar-refractivity contribution >= 4 is 75.0 Å². The number of hydrogen-bond acceptors (Lipinski definition) is 4. The van der Waals surface area contributed by atoms with Crippen LogP contribution >= 0.6 is 0 Å². The minimum atomic E-state index is 0.366. The van der Waals surface area contributed by atoms with E-state index in [1.165, 1.54) is 0 Å². The van der Waals surface area contributed by atoms with E-state index in [1.807, 2.05) is 121 Å². The molecule has 0 saturated carbocycles. The summed E-state index contributed by atoms with van der Waals surface area (Å²) in [5.74, 6) is 1.62. The zero-order valence-corrected chi connectivity index (χ0v) is 35.1. The summed E-state index contributed by atoms with van der Waals surface area (Å²) in [6, 6.07) is 67.5. The lowest BCUT2D eigenvalue weighted by atomic mass is 9.66. The quantitative estimate of drug-likeness (QED) is 0.144. The first-order valence-electron chi connectivity index (χ1n) is 21.3. The lowest BCUT2D eigenvalue weighted by molar-refractivity contribution is 1.06. The van der Waals surface area contributed by atoms with Crippen LogP contribution in [-0.2, 0) is 0 Å². The summed E-state index contributed by atoms with van der Waals surface area (Å²) in [6.07, 6.45) is 0. The van der Waals surface area contributed by atoms with E-state index in [1.54, 1.807) is 6.07 Å². The fourth-order valence-corrected chi connectivity index (χ4v) is 8.76. The van der Waals surface area contributed by atoms with Crippen LogP contribution in [0.1, 0.15) is 0 Å². The Hall–Kier alpha value is -8.02. The molecule has 8 aromatic carbocycles. The second-order valence-corrected chi connectivity index (χ2v) is 15.9. The molecule has 8 radical (unpaired) electrons. The molecular weight excluding hydrogens is 786 g/mol. The second-order valence-electron chi connectivity index (χ2n) is 15.9. The van der Waals surface area contributed by atoms with Crippen molar-refractivity contribution in [1.82, 2.24) is 24.5 Å². The van der Waals surface area contributed by atoms with Gasteiger partial charge in [0.05, 0.1) is 28.1 Å². The lowest BCUT2D eigenvalue weighted by Crippen LogP contribution is -2.41. The third-order valence-corrected chi connectivity index (χ3v) is 11.9. The van der Waals surface area contributed by atoms with Crippen molar-refractivity contribution in [1.29, 1.82) is 0 Å². The Morgan fingerprint density at radius 3 is 1.40 bits per heavy atom. The molecule has 0 bridgehead atoms. The van der Waals surface area contributed by atoms with Gasteiger partial charge in [0.1, 0.15) is 31.4 Å². The molecule has 0 amide bonds. The SMILES string of the molecule is [B]c1cc([B])c([B])c(-c2cccc3c2c2ccccc2n3-c2ccc(-c3cc(-c4ccccc4)nc(-c4ccccc4)c3)cc2-c2nc(-c3ccccc3)nc(-c3ccccc3)n2)c1[B]. The number of benzene rings is 8. The van der Waals surface area contributed by atoms with Gasteiger partial charge in [-0.05, 0) is 58.7 Å². The Morgan fingerprint density at radius 2 is 0.831 bits per heavy atom. The Balaban J connectivity index is 1.23. The van der Waals surface area contributed by atoms with Gasteiger partial charge in [0, 0.05) is 38.6 Å². The summed E-state index contributed by atoms with van der Waals surface area (Å²) >= 11 is 0. The highest BCUT2D eigenvalue weighted by atomic mass is 15.1. The fourth-order valence-electron chi connectivity index (χ4n) is 8.76. The highest BCUT2D eigenvalue weighted by Gasteiger charge is 2.23. The summed E-state index contributed by atoms with van der Waals surface area (Å²) in [7, 11) is 26.3. The molecule has 65 heavy (non-hydrogen) atoms. The van der Waals surface area contributed by atoms with Crippen LogP contribution in [0.4, 0.5) is 0 Å². The van der Waals surface area contributed by atoms with Crippen molar-refractivity contribution in [3.63, 3.8) is 0 Å². The number of fused-ring (bicyclic) bond motifs is 3. The third kappa shape index (κ3) is 7.25. The van der Waals surface area contributed by atoms with Gasteiger partial charge >= 0.3 is 0 Å². The monoisotopic (exact) mass is 819 g/mol. The lowest BCUT2D eigenvalue weighted by Gasteiger charge is -2.19. The molecule has 0 N–H and O–H groups in total. The molecule has 3 aromatic heterocycles. The van der Waals surface area contributed by atoms with Gasteiger partial charge in [0.25, 0.3) is 0 Å². The van der Waals surface area contributed by atoms with Crippen molar-refractivity contribution < 1.29 is 0 Å². The molecule has 0 aliphatic carbocycles. The number of rotatable bonds is 8. The summed E-state index contributed by atoms with van der Waals surface area (Å²) < 4.78 is 2.26. The number of hydrogen-bond donors (Lipinski definition) is 0. The third-order valence-electron chi connectivity index (χ3n) is 11.9. The van der Waals surface area contributed by atoms with Crippen molar-refractivity contribution in [2.45, 2.75) is 0 Å². The Morgan fingerprint density at radius 1 is 0.338 bits per heavy atom. The van der Waals surface area contributed by atoms with E-state index in [0.29, 0.717) is 44.9 Å². The van der Waals surface area contributed by atoms with Crippen LogP contribution in [0.5, 0.6) is 0 Å². The standard InChI is InChI=1S/C56H33B4N5/c57-43-33-44(58)53(60)51(52(43)59)41-25-15-27-49-50(41)40-24-13-14-26-47(40)65(49)48-29-28-38(39-31-45(34-16-5-1-6-17-34)61-46(32-39)35-18-7-2-8-19-35)30-42(48)56-63-54(36-20-9-3-10-21-36)62-55(64-56)37-22-11-4-12-23-37/h1-33H. The molecule has 0 aliphatic rings. The molecule has 3 heterocycles. The van der Waals surface area contributed by atoms with Gasteiger partial charge in [-0.2, -0.15) is 0 Å². The predicted octanol–water partition coefficient (Wildman–Crippen LogP) is 9.21. The topological polar surface area (TPSA) is 56.5 Å². The van der Waals surface area contributed by atoms with Crippen molar-refractivity contribution in [2.24, 2.45) is 0 Å². The molecule has 11 aromatic rings. The smallest absolute Gasteiger partial charge is 0.166 e. The average Bonchev–Trinajstić information content (AvgIpc) is 3.71. The van der Waals surface area contributed by atoms with E-state index >= 15 is 0 Å². The maximum Gasteiger partial charge on any atom is 0.166 e. The molecular formula is C56H33B4N5. The van der Waals surface area contributed by atoms with Crippen LogP contribution in [0.3, 0.4) is 0 Å². The van der Waals surface area contributed by atoms with Gasteiger partial charge < -0.3 is 4.57 Å². The molecule has 0 unspecified atom stereocenters. The van der Waals surface area contributed by atoms with Gasteiger partial charge in [-0.3, -0.25) is 0 Å². The van der Waals surface area contributed by atoms with Gasteiger partial charge in [0.2, 0.25) is 0 Å². The second kappa shape index (κ2) is 16.6. The Bertz CT molecular complexity index is 3440. The van der Waals surface area contributed by atoms with E-state index in [4.69, 9.17) is 51.3 Å². The van der Waals surface area contributed by atoms with E-state index in [0.717, 1.165) is 83.4 Å². The first-order valence-corrected chi connectivity index (χ1v) is 21.3. The van der Waals surface area contributed by atoms with Crippen LogP contribution in [-0.4, -0.2) is 55.9 Å². The highest BCUT2D eigenvalue weighted by molar-refractivity contribution is 6.59. The summed E-state index contributed by atoms with van der Waals surface area (Å²) in [5.41, 5.74) is 13.9. The molecule has 0 fully saturated rings. The van der Waals surface area contributed by atoms with Crippen LogP contribution in [0.2, 0.25) is 0 Å².